The van der Waals surface area contributed by atoms with Crippen molar-refractivity contribution in [3.8, 4) is 0 Å². The zero-order valence-electron chi connectivity index (χ0n) is 12.4. The molecular formula is C15H17N7. The highest BCUT2D eigenvalue weighted by Crippen LogP contribution is 1.97. The van der Waals surface area contributed by atoms with Crippen molar-refractivity contribution < 1.29 is 0 Å². The molecule has 0 fully saturated rings. The van der Waals surface area contributed by atoms with Crippen molar-refractivity contribution in [2.24, 2.45) is 21.0 Å². The minimum Gasteiger partial charge on any atom is -0.367 e. The SMILES string of the molecule is CC(=NN=C(N)NN=C(C)c1ccccn1)c1ccccn1. The van der Waals surface area contributed by atoms with Gasteiger partial charge in [0.25, 0.3) is 0 Å². The summed E-state index contributed by atoms with van der Waals surface area (Å²) in [7, 11) is 0. The highest BCUT2D eigenvalue weighted by molar-refractivity contribution is 5.98. The van der Waals surface area contributed by atoms with Gasteiger partial charge in [0.15, 0.2) is 0 Å². The lowest BCUT2D eigenvalue weighted by atomic mass is 10.3. The summed E-state index contributed by atoms with van der Waals surface area (Å²) in [5, 5.41) is 12.0. The van der Waals surface area contributed by atoms with E-state index in [4.69, 9.17) is 5.73 Å². The zero-order chi connectivity index (χ0) is 15.8. The van der Waals surface area contributed by atoms with Gasteiger partial charge in [0.1, 0.15) is 0 Å². The maximum Gasteiger partial charge on any atom is 0.234 e. The van der Waals surface area contributed by atoms with Crippen molar-refractivity contribution in [3.63, 3.8) is 0 Å². The minimum atomic E-state index is 0.0885. The van der Waals surface area contributed by atoms with Crippen LogP contribution in [-0.2, 0) is 0 Å². The molecule has 0 aliphatic carbocycles. The molecule has 2 aromatic heterocycles. The Morgan fingerprint density at radius 1 is 0.909 bits per heavy atom. The van der Waals surface area contributed by atoms with E-state index in [0.717, 1.165) is 11.4 Å². The molecule has 7 heteroatoms. The number of guanidine groups is 1. The number of hydrazone groups is 1. The number of nitrogens with two attached hydrogens (primary N) is 1. The molecule has 0 bridgehead atoms. The van der Waals surface area contributed by atoms with Gasteiger partial charge in [-0.2, -0.15) is 5.10 Å². The molecule has 7 nitrogen and oxygen atoms in total. The Labute approximate surface area is 128 Å². The Hall–Kier alpha value is -3.09. The first-order valence-electron chi connectivity index (χ1n) is 6.67. The molecule has 0 atom stereocenters. The molecule has 0 spiro atoms. The molecule has 112 valence electrons. The molecule has 2 rings (SSSR count). The van der Waals surface area contributed by atoms with Crippen molar-refractivity contribution in [1.29, 1.82) is 0 Å². The van der Waals surface area contributed by atoms with Crippen LogP contribution in [-0.4, -0.2) is 27.4 Å². The highest BCUT2D eigenvalue weighted by atomic mass is 15.4. The quantitative estimate of drug-likeness (QED) is 0.507. The van der Waals surface area contributed by atoms with Gasteiger partial charge in [-0.15, -0.1) is 10.2 Å². The summed E-state index contributed by atoms with van der Waals surface area (Å²) in [6.07, 6.45) is 3.40. The van der Waals surface area contributed by atoms with Crippen LogP contribution in [0.25, 0.3) is 0 Å². The first kappa shape index (κ1) is 15.3. The van der Waals surface area contributed by atoms with E-state index in [-0.39, 0.29) is 5.96 Å². The van der Waals surface area contributed by atoms with E-state index in [0.29, 0.717) is 11.4 Å². The van der Waals surface area contributed by atoms with Crippen LogP contribution in [0.4, 0.5) is 0 Å². The van der Waals surface area contributed by atoms with Crippen LogP contribution in [0.2, 0.25) is 0 Å². The lowest BCUT2D eigenvalue weighted by molar-refractivity contribution is 0.979. The molecule has 0 aliphatic heterocycles. The zero-order valence-corrected chi connectivity index (χ0v) is 12.4. The van der Waals surface area contributed by atoms with Gasteiger partial charge in [0, 0.05) is 12.4 Å². The average molecular weight is 295 g/mol. The lowest BCUT2D eigenvalue weighted by Gasteiger charge is -2.01. The molecule has 22 heavy (non-hydrogen) atoms. The number of rotatable bonds is 4. The highest BCUT2D eigenvalue weighted by Gasteiger charge is 1.98. The fourth-order valence-corrected chi connectivity index (χ4v) is 1.55. The third-order valence-corrected chi connectivity index (χ3v) is 2.72. The van der Waals surface area contributed by atoms with E-state index in [9.17, 15) is 0 Å². The maximum atomic E-state index is 5.71. The first-order chi connectivity index (χ1) is 10.7. The van der Waals surface area contributed by atoms with Gasteiger partial charge in [-0.1, -0.05) is 12.1 Å². The Kier molecular flexibility index (Phi) is 5.31. The van der Waals surface area contributed by atoms with Crippen LogP contribution in [0.3, 0.4) is 0 Å². The summed E-state index contributed by atoms with van der Waals surface area (Å²) < 4.78 is 0. The van der Waals surface area contributed by atoms with E-state index < -0.39 is 0 Å². The second-order valence-corrected chi connectivity index (χ2v) is 4.41. The van der Waals surface area contributed by atoms with Crippen molar-refractivity contribution in [2.45, 2.75) is 13.8 Å². The molecular weight excluding hydrogens is 278 g/mol. The van der Waals surface area contributed by atoms with Gasteiger partial charge >= 0.3 is 0 Å². The number of nitrogens with zero attached hydrogens (tertiary/aromatic N) is 5. The van der Waals surface area contributed by atoms with Crippen LogP contribution < -0.4 is 11.2 Å². The van der Waals surface area contributed by atoms with E-state index in [1.54, 1.807) is 12.4 Å². The van der Waals surface area contributed by atoms with Crippen molar-refractivity contribution in [1.82, 2.24) is 15.4 Å². The smallest absolute Gasteiger partial charge is 0.234 e. The fraction of sp³-hybridized carbons (Fsp3) is 0.133. The third kappa shape index (κ3) is 4.48. The number of aromatic nitrogens is 2. The molecule has 0 radical (unpaired) electrons. The van der Waals surface area contributed by atoms with Crippen LogP contribution in [0.15, 0.2) is 64.1 Å². The third-order valence-electron chi connectivity index (χ3n) is 2.72. The minimum absolute atomic E-state index is 0.0885. The standard InChI is InChI=1S/C15H17N7/c1-11(13-7-3-5-9-17-13)19-21-15(16)22-20-12(2)14-8-4-6-10-18-14/h3-10H,1-2H3,(H3,16,21,22). The summed E-state index contributed by atoms with van der Waals surface area (Å²) in [5.41, 5.74) is 11.2. The molecule has 0 unspecified atom stereocenters. The van der Waals surface area contributed by atoms with E-state index in [1.165, 1.54) is 0 Å². The Bertz CT molecular complexity index is 690. The molecule has 0 amide bonds. The van der Waals surface area contributed by atoms with Gasteiger partial charge in [0.2, 0.25) is 5.96 Å². The Morgan fingerprint density at radius 3 is 2.05 bits per heavy atom. The Morgan fingerprint density at radius 2 is 1.50 bits per heavy atom. The van der Waals surface area contributed by atoms with Crippen LogP contribution in [0, 0.1) is 0 Å². The number of nitrogens with one attached hydrogen (secondary N) is 1. The van der Waals surface area contributed by atoms with Crippen LogP contribution in [0.5, 0.6) is 0 Å². The van der Waals surface area contributed by atoms with Gasteiger partial charge in [-0.25, -0.2) is 5.43 Å². The average Bonchev–Trinajstić information content (AvgIpc) is 2.59. The molecule has 0 saturated carbocycles. The molecule has 0 aromatic carbocycles. The predicted octanol–water partition coefficient (Wildman–Crippen LogP) is 1.53. The number of pyridine rings is 2. The fourth-order valence-electron chi connectivity index (χ4n) is 1.55. The largest absolute Gasteiger partial charge is 0.367 e. The van der Waals surface area contributed by atoms with Gasteiger partial charge in [-0.05, 0) is 38.1 Å². The lowest BCUT2D eigenvalue weighted by Crippen LogP contribution is -2.28. The van der Waals surface area contributed by atoms with Gasteiger partial charge in [0.05, 0.1) is 22.8 Å². The summed E-state index contributed by atoms with van der Waals surface area (Å²) in [4.78, 5) is 8.36. The monoisotopic (exact) mass is 295 g/mol. The maximum absolute atomic E-state index is 5.71. The molecule has 2 aromatic rings. The molecule has 3 N–H and O–H groups in total. The topological polar surface area (TPSA) is 101 Å². The van der Waals surface area contributed by atoms with Crippen molar-refractivity contribution in [3.05, 3.63) is 60.2 Å². The van der Waals surface area contributed by atoms with E-state index in [1.807, 2.05) is 50.2 Å². The predicted molar refractivity (Wildman–Crippen MR) is 87.7 cm³/mol. The first-order valence-corrected chi connectivity index (χ1v) is 6.67. The van der Waals surface area contributed by atoms with Crippen LogP contribution in [0.1, 0.15) is 25.2 Å². The van der Waals surface area contributed by atoms with Gasteiger partial charge in [-0.3, -0.25) is 9.97 Å². The number of hydrogen-bond donors (Lipinski definition) is 2. The second kappa shape index (κ2) is 7.63. The molecule has 0 aliphatic rings. The second-order valence-electron chi connectivity index (χ2n) is 4.41. The number of hydrogen-bond acceptors (Lipinski definition) is 5. The molecule has 0 saturated heterocycles. The summed E-state index contributed by atoms with van der Waals surface area (Å²) in [6, 6.07) is 11.2. The summed E-state index contributed by atoms with van der Waals surface area (Å²) >= 11 is 0. The van der Waals surface area contributed by atoms with E-state index in [2.05, 4.69) is 30.7 Å². The van der Waals surface area contributed by atoms with Crippen LogP contribution >= 0.6 is 0 Å². The Balaban J connectivity index is 2.01. The van der Waals surface area contributed by atoms with Crippen molar-refractivity contribution in [2.75, 3.05) is 0 Å². The van der Waals surface area contributed by atoms with Gasteiger partial charge < -0.3 is 5.73 Å². The normalized spacial score (nSPS) is 13.1. The van der Waals surface area contributed by atoms with E-state index >= 15 is 0 Å². The summed E-state index contributed by atoms with van der Waals surface area (Å²) in [5.74, 6) is 0.0885. The summed E-state index contributed by atoms with van der Waals surface area (Å²) in [6.45, 7) is 3.63. The molecule has 2 heterocycles. The van der Waals surface area contributed by atoms with Crippen molar-refractivity contribution >= 4 is 17.4 Å².